The number of rotatable bonds is 16. The molecule has 0 amide bonds. The number of methoxy groups -OCH3 is 3. The van der Waals surface area contributed by atoms with Crippen LogP contribution in [0.3, 0.4) is 0 Å². The van der Waals surface area contributed by atoms with E-state index in [1.54, 1.807) is 21.3 Å². The van der Waals surface area contributed by atoms with E-state index < -0.39 is 5.97 Å². The average molecular weight is 317 g/mol. The largest absolute Gasteiger partial charge is 0.331 e. The Morgan fingerprint density at radius 2 is 0.955 bits per heavy atom. The maximum absolute atomic E-state index is 5.61. The van der Waals surface area contributed by atoms with Crippen molar-refractivity contribution in [1.82, 2.24) is 0 Å². The van der Waals surface area contributed by atoms with E-state index in [-0.39, 0.29) is 0 Å². The van der Waals surface area contributed by atoms with Crippen molar-refractivity contribution >= 4 is 0 Å². The van der Waals surface area contributed by atoms with Crippen LogP contribution in [0.2, 0.25) is 0 Å². The lowest BCUT2D eigenvalue weighted by Crippen LogP contribution is -2.44. The molecule has 0 N–H and O–H groups in total. The second-order valence-electron chi connectivity index (χ2n) is 6.32. The Hall–Kier alpha value is -0.120. The van der Waals surface area contributed by atoms with Crippen LogP contribution in [0.15, 0.2) is 0 Å². The number of hydrogen-bond acceptors (Lipinski definition) is 3. The Labute approximate surface area is 139 Å². The first-order valence-corrected chi connectivity index (χ1v) is 9.36. The smallest absolute Gasteiger partial charge is 0.285 e. The summed E-state index contributed by atoms with van der Waals surface area (Å²) in [4.78, 5) is 0. The molecule has 3 heteroatoms. The van der Waals surface area contributed by atoms with Crippen LogP contribution in [0, 0.1) is 5.92 Å². The topological polar surface area (TPSA) is 27.7 Å². The molecule has 0 fully saturated rings. The normalized spacial score (nSPS) is 13.5. The summed E-state index contributed by atoms with van der Waals surface area (Å²) in [6.45, 7) is 4.51. The molecule has 0 saturated carbocycles. The van der Waals surface area contributed by atoms with E-state index in [1.807, 2.05) is 0 Å². The quantitative estimate of drug-likeness (QED) is 0.261. The zero-order valence-electron chi connectivity index (χ0n) is 15.8. The summed E-state index contributed by atoms with van der Waals surface area (Å²) in [6.07, 6.45) is 15.2. The van der Waals surface area contributed by atoms with Gasteiger partial charge in [-0.2, -0.15) is 0 Å². The van der Waals surface area contributed by atoms with Crippen LogP contribution in [0.5, 0.6) is 0 Å². The summed E-state index contributed by atoms with van der Waals surface area (Å²) >= 11 is 0. The first kappa shape index (κ1) is 21.9. The van der Waals surface area contributed by atoms with Crippen molar-refractivity contribution in [2.24, 2.45) is 5.92 Å². The van der Waals surface area contributed by atoms with Crippen molar-refractivity contribution in [3.8, 4) is 0 Å². The van der Waals surface area contributed by atoms with Crippen LogP contribution >= 0.6 is 0 Å². The van der Waals surface area contributed by atoms with Crippen molar-refractivity contribution in [2.75, 3.05) is 21.3 Å². The third kappa shape index (κ3) is 8.50. The summed E-state index contributed by atoms with van der Waals surface area (Å²) < 4.78 is 16.8. The van der Waals surface area contributed by atoms with E-state index in [2.05, 4.69) is 13.8 Å². The molecule has 0 aliphatic carbocycles. The fraction of sp³-hybridized carbons (Fsp3) is 1.00. The van der Waals surface area contributed by atoms with E-state index >= 15 is 0 Å². The van der Waals surface area contributed by atoms with E-state index in [0.29, 0.717) is 5.92 Å². The van der Waals surface area contributed by atoms with Crippen molar-refractivity contribution in [1.29, 1.82) is 0 Å². The summed E-state index contributed by atoms with van der Waals surface area (Å²) in [5, 5.41) is 0. The zero-order valence-corrected chi connectivity index (χ0v) is 15.8. The summed E-state index contributed by atoms with van der Waals surface area (Å²) in [7, 11) is 5.06. The van der Waals surface area contributed by atoms with Gasteiger partial charge in [-0.15, -0.1) is 0 Å². The Balaban J connectivity index is 4.32. The second-order valence-corrected chi connectivity index (χ2v) is 6.32. The van der Waals surface area contributed by atoms with Crippen LogP contribution in [0.25, 0.3) is 0 Å². The molecule has 3 nitrogen and oxygen atoms in total. The van der Waals surface area contributed by atoms with Crippen molar-refractivity contribution < 1.29 is 14.2 Å². The number of ether oxygens (including phenoxy) is 3. The molecule has 0 aromatic heterocycles. The van der Waals surface area contributed by atoms with Gasteiger partial charge in [0.25, 0.3) is 5.97 Å². The molecule has 0 aliphatic rings. The Morgan fingerprint density at radius 1 is 0.591 bits per heavy atom. The molecule has 0 rings (SSSR count). The molecule has 22 heavy (non-hydrogen) atoms. The lowest BCUT2D eigenvalue weighted by atomic mass is 9.92. The molecular weight excluding hydrogens is 276 g/mol. The highest BCUT2D eigenvalue weighted by Gasteiger charge is 2.39. The molecule has 0 spiro atoms. The van der Waals surface area contributed by atoms with Gasteiger partial charge in [0.1, 0.15) is 0 Å². The Kier molecular flexibility index (Phi) is 14.4. The van der Waals surface area contributed by atoms with Gasteiger partial charge in [0, 0.05) is 27.2 Å². The van der Waals surface area contributed by atoms with Gasteiger partial charge in [0.2, 0.25) is 0 Å². The molecule has 1 atom stereocenters. The predicted octanol–water partition coefficient (Wildman–Crippen LogP) is 5.92. The number of unbranched alkanes of at least 4 members (excludes halogenated alkanes) is 8. The van der Waals surface area contributed by atoms with Gasteiger partial charge in [-0.25, -0.2) is 0 Å². The summed E-state index contributed by atoms with van der Waals surface area (Å²) in [6, 6.07) is 0. The van der Waals surface area contributed by atoms with E-state index in [9.17, 15) is 0 Å². The van der Waals surface area contributed by atoms with Crippen LogP contribution < -0.4 is 0 Å². The fourth-order valence-corrected chi connectivity index (χ4v) is 3.24. The minimum absolute atomic E-state index is 0.315. The van der Waals surface area contributed by atoms with Gasteiger partial charge in [-0.3, -0.25) is 0 Å². The highest BCUT2D eigenvalue weighted by Crippen LogP contribution is 2.32. The van der Waals surface area contributed by atoms with Gasteiger partial charge in [-0.1, -0.05) is 78.1 Å². The maximum atomic E-state index is 5.61. The van der Waals surface area contributed by atoms with Gasteiger partial charge < -0.3 is 14.2 Å². The van der Waals surface area contributed by atoms with Crippen molar-refractivity contribution in [2.45, 2.75) is 96.9 Å². The van der Waals surface area contributed by atoms with Gasteiger partial charge in [0.05, 0.1) is 0 Å². The van der Waals surface area contributed by atoms with Crippen LogP contribution in [0.4, 0.5) is 0 Å². The molecule has 0 radical (unpaired) electrons. The van der Waals surface area contributed by atoms with E-state index in [1.165, 1.54) is 64.2 Å². The maximum Gasteiger partial charge on any atom is 0.285 e. The Morgan fingerprint density at radius 3 is 1.36 bits per heavy atom. The minimum atomic E-state index is -0.865. The minimum Gasteiger partial charge on any atom is -0.331 e. The zero-order chi connectivity index (χ0) is 16.7. The molecule has 0 aromatic rings. The van der Waals surface area contributed by atoms with Crippen LogP contribution in [-0.4, -0.2) is 27.3 Å². The van der Waals surface area contributed by atoms with Crippen LogP contribution in [0.1, 0.15) is 90.9 Å². The Bertz CT molecular complexity index is 218. The molecule has 0 aliphatic heterocycles. The SMILES string of the molecule is CCCCCCCCC(CCCCCC)C(OC)(OC)OC. The standard InChI is InChI=1S/C19H40O3/c1-6-8-10-12-13-15-17-18(16-14-11-9-7-2)19(20-3,21-4)22-5/h18H,6-17H2,1-5H3. The van der Waals surface area contributed by atoms with Crippen molar-refractivity contribution in [3.05, 3.63) is 0 Å². The molecule has 1 unspecified atom stereocenters. The fourth-order valence-electron chi connectivity index (χ4n) is 3.24. The first-order valence-electron chi connectivity index (χ1n) is 9.36. The highest BCUT2D eigenvalue weighted by atomic mass is 16.9. The molecule has 0 heterocycles. The molecule has 0 saturated heterocycles. The van der Waals surface area contributed by atoms with E-state index in [0.717, 1.165) is 12.8 Å². The monoisotopic (exact) mass is 316 g/mol. The molecule has 0 bridgehead atoms. The van der Waals surface area contributed by atoms with E-state index in [4.69, 9.17) is 14.2 Å². The van der Waals surface area contributed by atoms with Gasteiger partial charge in [-0.05, 0) is 12.8 Å². The van der Waals surface area contributed by atoms with Crippen LogP contribution in [-0.2, 0) is 14.2 Å². The van der Waals surface area contributed by atoms with Gasteiger partial charge >= 0.3 is 0 Å². The predicted molar refractivity (Wildman–Crippen MR) is 94.0 cm³/mol. The molecular formula is C19H40O3. The third-order valence-corrected chi connectivity index (χ3v) is 4.67. The average Bonchev–Trinajstić information content (AvgIpc) is 2.55. The lowest BCUT2D eigenvalue weighted by Gasteiger charge is -2.36. The molecule has 0 aromatic carbocycles. The second kappa shape index (κ2) is 14.5. The summed E-state index contributed by atoms with van der Waals surface area (Å²) in [5.74, 6) is -0.550. The first-order chi connectivity index (χ1) is 10.7. The lowest BCUT2D eigenvalue weighted by molar-refractivity contribution is -0.380. The van der Waals surface area contributed by atoms with Crippen molar-refractivity contribution in [3.63, 3.8) is 0 Å². The summed E-state index contributed by atoms with van der Waals surface area (Å²) in [5.41, 5.74) is 0. The number of hydrogen-bond donors (Lipinski definition) is 0. The molecule has 134 valence electrons. The third-order valence-electron chi connectivity index (χ3n) is 4.67. The van der Waals surface area contributed by atoms with Gasteiger partial charge in [0.15, 0.2) is 0 Å². The highest BCUT2D eigenvalue weighted by molar-refractivity contribution is 4.71.